The van der Waals surface area contributed by atoms with Crippen molar-refractivity contribution in [3.05, 3.63) is 53.1 Å². The van der Waals surface area contributed by atoms with Gasteiger partial charge < -0.3 is 4.74 Å². The van der Waals surface area contributed by atoms with Crippen LogP contribution >= 0.6 is 0 Å². The van der Waals surface area contributed by atoms with Crippen molar-refractivity contribution in [1.29, 1.82) is 0 Å². The normalized spacial score (nSPS) is 16.1. The third-order valence-electron chi connectivity index (χ3n) is 2.73. The van der Waals surface area contributed by atoms with E-state index in [2.05, 4.69) is 0 Å². The van der Waals surface area contributed by atoms with Crippen LogP contribution in [0.4, 0.5) is 0 Å². The number of rotatable bonds is 3. The molecule has 90 valence electrons. The molecule has 0 saturated carbocycles. The Kier molecular flexibility index (Phi) is 3.33. The Hall–Kier alpha value is -1.55. The average molecular weight is 250 g/mol. The van der Waals surface area contributed by atoms with Crippen molar-refractivity contribution < 1.29 is 13.2 Å². The predicted octanol–water partition coefficient (Wildman–Crippen LogP) is 2.67. The lowest BCUT2D eigenvalue weighted by atomic mass is 10.1. The quantitative estimate of drug-likeness (QED) is 0.828. The molecular formula is C13H14O3S. The molecule has 1 aliphatic rings. The van der Waals surface area contributed by atoms with E-state index in [-0.39, 0.29) is 0 Å². The van der Waals surface area contributed by atoms with Gasteiger partial charge in [-0.2, -0.15) is 0 Å². The molecule has 0 radical (unpaired) electrons. The van der Waals surface area contributed by atoms with E-state index in [1.165, 1.54) is 0 Å². The molecule has 0 amide bonds. The zero-order valence-corrected chi connectivity index (χ0v) is 10.4. The average Bonchev–Trinajstić information content (AvgIpc) is 2.40. The van der Waals surface area contributed by atoms with Crippen LogP contribution in [0.15, 0.2) is 58.0 Å². The van der Waals surface area contributed by atoms with Gasteiger partial charge >= 0.3 is 0 Å². The number of sulfone groups is 1. The molecule has 4 heteroatoms. The summed E-state index contributed by atoms with van der Waals surface area (Å²) in [5.41, 5.74) is 0. The van der Waals surface area contributed by atoms with E-state index < -0.39 is 9.84 Å². The van der Waals surface area contributed by atoms with E-state index in [0.717, 1.165) is 5.76 Å². The first kappa shape index (κ1) is 11.9. The molecule has 0 saturated heterocycles. The van der Waals surface area contributed by atoms with Crippen molar-refractivity contribution in [2.75, 3.05) is 7.11 Å². The molecule has 0 aliphatic heterocycles. The minimum absolute atomic E-state index is 0.348. The molecule has 0 heterocycles. The van der Waals surface area contributed by atoms with Crippen LogP contribution in [-0.2, 0) is 14.6 Å². The molecule has 0 unspecified atom stereocenters. The molecule has 0 bridgehead atoms. The molecule has 0 aromatic heterocycles. The SMILES string of the molecule is COC1=CC=C(S(=O)(=O)c2ccccc2)CC1. The van der Waals surface area contributed by atoms with Crippen molar-refractivity contribution in [3.8, 4) is 0 Å². The van der Waals surface area contributed by atoms with Crippen LogP contribution in [0.2, 0.25) is 0 Å². The summed E-state index contributed by atoms with van der Waals surface area (Å²) in [6, 6.07) is 8.49. The lowest BCUT2D eigenvalue weighted by molar-refractivity contribution is 0.276. The largest absolute Gasteiger partial charge is 0.501 e. The summed E-state index contributed by atoms with van der Waals surface area (Å²) in [6.45, 7) is 0. The highest BCUT2D eigenvalue weighted by molar-refractivity contribution is 7.95. The van der Waals surface area contributed by atoms with E-state index in [0.29, 0.717) is 22.6 Å². The molecule has 3 nitrogen and oxygen atoms in total. The molecule has 1 aromatic carbocycles. The second-order valence-corrected chi connectivity index (χ2v) is 5.79. The van der Waals surface area contributed by atoms with Crippen molar-refractivity contribution in [3.63, 3.8) is 0 Å². The maximum atomic E-state index is 12.2. The first-order valence-corrected chi connectivity index (χ1v) is 6.87. The van der Waals surface area contributed by atoms with Crippen molar-refractivity contribution >= 4 is 9.84 Å². The monoisotopic (exact) mass is 250 g/mol. The molecule has 1 aromatic rings. The Bertz CT molecular complexity index is 554. The highest BCUT2D eigenvalue weighted by Crippen LogP contribution is 2.27. The molecule has 0 fully saturated rings. The Morgan fingerprint density at radius 3 is 2.29 bits per heavy atom. The second-order valence-electron chi connectivity index (χ2n) is 3.79. The Balaban J connectivity index is 2.36. The number of methoxy groups -OCH3 is 1. The van der Waals surface area contributed by atoms with Gasteiger partial charge in [0.25, 0.3) is 0 Å². The van der Waals surface area contributed by atoms with Gasteiger partial charge in [-0.3, -0.25) is 0 Å². The van der Waals surface area contributed by atoms with Gasteiger partial charge in [-0.25, -0.2) is 8.42 Å². The summed E-state index contributed by atoms with van der Waals surface area (Å²) < 4.78 is 29.6. The van der Waals surface area contributed by atoms with Crippen LogP contribution in [0.3, 0.4) is 0 Å². The Morgan fingerprint density at radius 2 is 1.76 bits per heavy atom. The summed E-state index contributed by atoms with van der Waals surface area (Å²) in [4.78, 5) is 0.796. The minimum Gasteiger partial charge on any atom is -0.501 e. The van der Waals surface area contributed by atoms with Gasteiger partial charge in [-0.05, 0) is 30.7 Å². The van der Waals surface area contributed by atoms with E-state index in [9.17, 15) is 8.42 Å². The fraction of sp³-hybridized carbons (Fsp3) is 0.231. The Labute approximate surface area is 101 Å². The van der Waals surface area contributed by atoms with Crippen molar-refractivity contribution in [2.24, 2.45) is 0 Å². The topological polar surface area (TPSA) is 43.4 Å². The number of hydrogen-bond donors (Lipinski definition) is 0. The van der Waals surface area contributed by atoms with Gasteiger partial charge in [0.15, 0.2) is 0 Å². The summed E-state index contributed by atoms with van der Waals surface area (Å²) in [6.07, 6.45) is 4.48. The number of allylic oxidation sites excluding steroid dienone is 4. The molecule has 2 rings (SSSR count). The highest BCUT2D eigenvalue weighted by Gasteiger charge is 2.21. The lowest BCUT2D eigenvalue weighted by Crippen LogP contribution is -2.07. The predicted molar refractivity (Wildman–Crippen MR) is 66.0 cm³/mol. The smallest absolute Gasteiger partial charge is 0.202 e. The fourth-order valence-corrected chi connectivity index (χ4v) is 3.18. The van der Waals surface area contributed by atoms with Crippen LogP contribution in [0.5, 0.6) is 0 Å². The number of benzene rings is 1. The van der Waals surface area contributed by atoms with Gasteiger partial charge in [-0.1, -0.05) is 18.2 Å². The van der Waals surface area contributed by atoms with Crippen LogP contribution in [0.1, 0.15) is 12.8 Å². The molecule has 0 N–H and O–H groups in total. The van der Waals surface area contributed by atoms with Crippen LogP contribution < -0.4 is 0 Å². The molecular weight excluding hydrogens is 236 g/mol. The third-order valence-corrected chi connectivity index (χ3v) is 4.66. The fourth-order valence-electron chi connectivity index (χ4n) is 1.74. The van der Waals surface area contributed by atoms with Gasteiger partial charge in [-0.15, -0.1) is 0 Å². The van der Waals surface area contributed by atoms with E-state index >= 15 is 0 Å². The summed E-state index contributed by atoms with van der Waals surface area (Å²) >= 11 is 0. The first-order valence-electron chi connectivity index (χ1n) is 5.38. The summed E-state index contributed by atoms with van der Waals surface area (Å²) in [5.74, 6) is 0.817. The zero-order chi connectivity index (χ0) is 12.3. The van der Waals surface area contributed by atoms with Gasteiger partial charge in [0, 0.05) is 11.3 Å². The zero-order valence-electron chi connectivity index (χ0n) is 9.59. The number of ether oxygens (including phenoxy) is 1. The standard InChI is InChI=1S/C13H14O3S/c1-16-11-7-9-13(10-8-11)17(14,15)12-5-3-2-4-6-12/h2-7,9H,8,10H2,1H3. The second kappa shape index (κ2) is 4.75. The lowest BCUT2D eigenvalue weighted by Gasteiger charge is -2.14. The highest BCUT2D eigenvalue weighted by atomic mass is 32.2. The van der Waals surface area contributed by atoms with Crippen LogP contribution in [0, 0.1) is 0 Å². The maximum Gasteiger partial charge on any atom is 0.202 e. The molecule has 1 aliphatic carbocycles. The molecule has 17 heavy (non-hydrogen) atoms. The van der Waals surface area contributed by atoms with Crippen LogP contribution in [0.25, 0.3) is 0 Å². The maximum absolute atomic E-state index is 12.2. The third kappa shape index (κ3) is 2.42. The minimum atomic E-state index is -3.33. The van der Waals surface area contributed by atoms with E-state index in [4.69, 9.17) is 4.74 Å². The van der Waals surface area contributed by atoms with Gasteiger partial charge in [0.2, 0.25) is 9.84 Å². The molecule has 0 spiro atoms. The van der Waals surface area contributed by atoms with E-state index in [1.807, 2.05) is 0 Å². The summed E-state index contributed by atoms with van der Waals surface area (Å²) in [7, 11) is -1.74. The van der Waals surface area contributed by atoms with Crippen LogP contribution in [-0.4, -0.2) is 15.5 Å². The Morgan fingerprint density at radius 1 is 1.06 bits per heavy atom. The van der Waals surface area contributed by atoms with E-state index in [1.54, 1.807) is 49.6 Å². The van der Waals surface area contributed by atoms with Crippen molar-refractivity contribution in [2.45, 2.75) is 17.7 Å². The number of hydrogen-bond acceptors (Lipinski definition) is 3. The van der Waals surface area contributed by atoms with Gasteiger partial charge in [0.05, 0.1) is 17.8 Å². The molecule has 0 atom stereocenters. The summed E-state index contributed by atoms with van der Waals surface area (Å²) in [5, 5.41) is 0. The van der Waals surface area contributed by atoms with Crippen molar-refractivity contribution in [1.82, 2.24) is 0 Å². The first-order chi connectivity index (χ1) is 8.14. The van der Waals surface area contributed by atoms with Gasteiger partial charge in [0.1, 0.15) is 0 Å².